The predicted molar refractivity (Wildman–Crippen MR) is 58.2 cm³/mol. The van der Waals surface area contributed by atoms with E-state index in [2.05, 4.69) is 38.7 Å². The molecule has 1 heterocycles. The summed E-state index contributed by atoms with van der Waals surface area (Å²) in [4.78, 5) is 4.23. The summed E-state index contributed by atoms with van der Waals surface area (Å²) in [5.41, 5.74) is 2.67. The van der Waals surface area contributed by atoms with E-state index >= 15 is 0 Å². The molecule has 0 unspecified atom stereocenters. The Morgan fingerprint density at radius 2 is 1.31 bits per heavy atom. The van der Waals surface area contributed by atoms with Gasteiger partial charge in [-0.2, -0.15) is 0 Å². The zero-order chi connectivity index (χ0) is 9.14. The molecule has 3 radical (unpaired) electrons. The quantitative estimate of drug-likeness (QED) is 0.628. The van der Waals surface area contributed by atoms with Gasteiger partial charge in [-0.25, -0.2) is 0 Å². The minimum atomic E-state index is 0. The lowest BCUT2D eigenvalue weighted by Crippen LogP contribution is -1.94. The molecular formula is C11H17BN. The molecule has 0 amide bonds. The third-order valence-corrected chi connectivity index (χ3v) is 2.11. The van der Waals surface area contributed by atoms with Crippen molar-refractivity contribution < 1.29 is 0 Å². The van der Waals surface area contributed by atoms with Crippen molar-refractivity contribution in [1.82, 2.24) is 4.98 Å². The average Bonchev–Trinajstić information content (AvgIpc) is 2.04. The molecule has 0 spiro atoms. The second kappa shape index (κ2) is 5.06. The van der Waals surface area contributed by atoms with Gasteiger partial charge in [-0.05, 0) is 23.0 Å². The molecule has 0 aliphatic rings. The number of hydrogen-bond acceptors (Lipinski definition) is 1. The van der Waals surface area contributed by atoms with Gasteiger partial charge < -0.3 is 0 Å². The van der Waals surface area contributed by atoms with Gasteiger partial charge in [0, 0.05) is 20.8 Å². The number of rotatable bonds is 2. The Bertz CT molecular complexity index is 233. The van der Waals surface area contributed by atoms with Crippen molar-refractivity contribution in [3.63, 3.8) is 0 Å². The van der Waals surface area contributed by atoms with Crippen molar-refractivity contribution in [2.24, 2.45) is 0 Å². The van der Waals surface area contributed by atoms with Crippen molar-refractivity contribution in [2.45, 2.75) is 39.5 Å². The summed E-state index contributed by atoms with van der Waals surface area (Å²) < 4.78 is 0. The molecule has 0 saturated carbocycles. The van der Waals surface area contributed by atoms with Crippen LogP contribution in [0.4, 0.5) is 0 Å². The van der Waals surface area contributed by atoms with Gasteiger partial charge in [0.2, 0.25) is 0 Å². The van der Waals surface area contributed by atoms with Crippen LogP contribution in [0, 0.1) is 0 Å². The van der Waals surface area contributed by atoms with Crippen LogP contribution in [0.3, 0.4) is 0 Å². The average molecular weight is 174 g/mol. The minimum absolute atomic E-state index is 0. The van der Waals surface area contributed by atoms with Crippen LogP contribution in [-0.2, 0) is 0 Å². The van der Waals surface area contributed by atoms with Gasteiger partial charge in [-0.15, -0.1) is 0 Å². The number of pyridine rings is 1. The maximum atomic E-state index is 4.23. The zero-order valence-electron chi connectivity index (χ0n) is 8.91. The summed E-state index contributed by atoms with van der Waals surface area (Å²) in [6.07, 6.45) is 3.91. The van der Waals surface area contributed by atoms with Crippen molar-refractivity contribution in [3.8, 4) is 0 Å². The summed E-state index contributed by atoms with van der Waals surface area (Å²) in [5, 5.41) is 0. The van der Waals surface area contributed by atoms with Gasteiger partial charge in [-0.1, -0.05) is 33.8 Å². The molecule has 1 aromatic heterocycles. The standard InChI is InChI=1S/C11H17N.B/c1-8(2)10-5-11(9(3)4)7-12-6-10;/h5-9H,1-4H3;. The summed E-state index contributed by atoms with van der Waals surface area (Å²) >= 11 is 0. The van der Waals surface area contributed by atoms with Crippen LogP contribution in [0.15, 0.2) is 18.5 Å². The zero-order valence-corrected chi connectivity index (χ0v) is 8.91. The molecule has 1 aromatic rings. The first-order chi connectivity index (χ1) is 5.61. The van der Waals surface area contributed by atoms with E-state index in [1.54, 1.807) is 0 Å². The summed E-state index contributed by atoms with van der Waals surface area (Å²) in [6.45, 7) is 8.78. The highest BCUT2D eigenvalue weighted by Crippen LogP contribution is 2.18. The topological polar surface area (TPSA) is 12.9 Å². The first-order valence-electron chi connectivity index (χ1n) is 4.56. The van der Waals surface area contributed by atoms with Gasteiger partial charge >= 0.3 is 0 Å². The van der Waals surface area contributed by atoms with Crippen molar-refractivity contribution in [2.75, 3.05) is 0 Å². The molecule has 0 fully saturated rings. The van der Waals surface area contributed by atoms with E-state index in [1.807, 2.05) is 12.4 Å². The molecule has 0 saturated heterocycles. The number of nitrogens with zero attached hydrogens (tertiary/aromatic N) is 1. The number of hydrogen-bond donors (Lipinski definition) is 0. The van der Waals surface area contributed by atoms with Crippen molar-refractivity contribution in [1.29, 1.82) is 0 Å². The highest BCUT2D eigenvalue weighted by atomic mass is 14.6. The highest BCUT2D eigenvalue weighted by Gasteiger charge is 2.03. The van der Waals surface area contributed by atoms with Gasteiger partial charge in [0.15, 0.2) is 0 Å². The summed E-state index contributed by atoms with van der Waals surface area (Å²) in [7, 11) is 0. The Labute approximate surface area is 83.2 Å². The third kappa shape index (κ3) is 3.21. The fourth-order valence-electron chi connectivity index (χ4n) is 1.11. The monoisotopic (exact) mass is 174 g/mol. The van der Waals surface area contributed by atoms with Crippen molar-refractivity contribution >= 4 is 8.41 Å². The molecule has 0 N–H and O–H groups in total. The largest absolute Gasteiger partial charge is 0.264 e. The maximum absolute atomic E-state index is 4.23. The van der Waals surface area contributed by atoms with Gasteiger partial charge in [0.05, 0.1) is 0 Å². The van der Waals surface area contributed by atoms with Crippen molar-refractivity contribution in [3.05, 3.63) is 29.6 Å². The molecule has 0 bridgehead atoms. The summed E-state index contributed by atoms with van der Waals surface area (Å²) in [6, 6.07) is 2.25. The molecule has 13 heavy (non-hydrogen) atoms. The van der Waals surface area contributed by atoms with E-state index in [9.17, 15) is 0 Å². The Kier molecular flexibility index (Phi) is 4.75. The molecule has 0 aliphatic carbocycles. The summed E-state index contributed by atoms with van der Waals surface area (Å²) in [5.74, 6) is 1.16. The van der Waals surface area contributed by atoms with Crippen LogP contribution in [-0.4, -0.2) is 13.4 Å². The first-order valence-corrected chi connectivity index (χ1v) is 4.56. The molecule has 0 atom stereocenters. The number of aromatic nitrogens is 1. The van der Waals surface area contributed by atoms with E-state index in [1.165, 1.54) is 11.1 Å². The molecule has 69 valence electrons. The van der Waals surface area contributed by atoms with E-state index in [0.717, 1.165) is 0 Å². The van der Waals surface area contributed by atoms with E-state index in [4.69, 9.17) is 0 Å². The minimum Gasteiger partial charge on any atom is -0.264 e. The van der Waals surface area contributed by atoms with Crippen LogP contribution in [0.25, 0.3) is 0 Å². The van der Waals surface area contributed by atoms with E-state index < -0.39 is 0 Å². The predicted octanol–water partition coefficient (Wildman–Crippen LogP) is 2.95. The first kappa shape index (κ1) is 12.2. The lowest BCUT2D eigenvalue weighted by molar-refractivity contribution is 0.820. The fourth-order valence-corrected chi connectivity index (χ4v) is 1.11. The lowest BCUT2D eigenvalue weighted by Gasteiger charge is -2.09. The maximum Gasteiger partial charge on any atom is 0.0302 e. The second-order valence-corrected chi connectivity index (χ2v) is 3.86. The van der Waals surface area contributed by atoms with Gasteiger partial charge in [0.1, 0.15) is 0 Å². The Balaban J connectivity index is 0.00000144. The van der Waals surface area contributed by atoms with E-state index in [0.29, 0.717) is 11.8 Å². The lowest BCUT2D eigenvalue weighted by atomic mass is 9.99. The van der Waals surface area contributed by atoms with Gasteiger partial charge in [0.25, 0.3) is 0 Å². The molecular weight excluding hydrogens is 157 g/mol. The SMILES string of the molecule is CC(C)c1cncc(C(C)C)c1.[B]. The Hall–Kier alpha value is -0.785. The second-order valence-electron chi connectivity index (χ2n) is 3.86. The van der Waals surface area contributed by atoms with Crippen LogP contribution in [0.1, 0.15) is 50.7 Å². The van der Waals surface area contributed by atoms with Crippen LogP contribution in [0.5, 0.6) is 0 Å². The molecule has 0 aliphatic heterocycles. The normalized spacial score (nSPS) is 10.3. The van der Waals surface area contributed by atoms with Crippen LogP contribution in [0.2, 0.25) is 0 Å². The molecule has 1 rings (SSSR count). The molecule has 1 nitrogen and oxygen atoms in total. The molecule has 2 heteroatoms. The third-order valence-electron chi connectivity index (χ3n) is 2.11. The van der Waals surface area contributed by atoms with E-state index in [-0.39, 0.29) is 8.41 Å². The smallest absolute Gasteiger partial charge is 0.0302 e. The van der Waals surface area contributed by atoms with Crippen LogP contribution < -0.4 is 0 Å². The van der Waals surface area contributed by atoms with Gasteiger partial charge in [-0.3, -0.25) is 4.98 Å². The molecule has 0 aromatic carbocycles. The Morgan fingerprint density at radius 3 is 1.62 bits per heavy atom. The Morgan fingerprint density at radius 1 is 0.923 bits per heavy atom. The fraction of sp³-hybridized carbons (Fsp3) is 0.545. The highest BCUT2D eigenvalue weighted by molar-refractivity contribution is 5.75. The van der Waals surface area contributed by atoms with Crippen LogP contribution >= 0.6 is 0 Å².